The van der Waals surface area contributed by atoms with Crippen LogP contribution in [0.2, 0.25) is 0 Å². The average Bonchev–Trinajstić information content (AvgIpc) is 2.88. The number of aliphatic hydroxyl groups excluding tert-OH is 1. The van der Waals surface area contributed by atoms with Crippen LogP contribution < -0.4 is 10.6 Å². The number of benzene rings is 1. The molecule has 0 aliphatic carbocycles. The molecule has 0 aromatic heterocycles. The summed E-state index contributed by atoms with van der Waals surface area (Å²) in [5.74, 6) is -3.49. The molecular formula is C28H42N2O9. The Morgan fingerprint density at radius 3 is 2.44 bits per heavy atom. The molecule has 1 heterocycles. The number of hydrogen-bond donors (Lipinski definition) is 4. The second-order valence-corrected chi connectivity index (χ2v) is 10.3. The van der Waals surface area contributed by atoms with Crippen LogP contribution in [-0.2, 0) is 28.6 Å². The molecule has 4 N–H and O–H groups in total. The zero-order valence-corrected chi connectivity index (χ0v) is 23.3. The van der Waals surface area contributed by atoms with Gasteiger partial charge < -0.3 is 35.1 Å². The van der Waals surface area contributed by atoms with E-state index in [1.807, 2.05) is 13.8 Å². The van der Waals surface area contributed by atoms with Crippen LogP contribution in [0.25, 0.3) is 0 Å². The van der Waals surface area contributed by atoms with Gasteiger partial charge in [-0.3, -0.25) is 14.4 Å². The lowest BCUT2D eigenvalue weighted by Crippen LogP contribution is -2.50. The molecule has 218 valence electrons. The first-order valence-electron chi connectivity index (χ1n) is 13.6. The van der Waals surface area contributed by atoms with Crippen molar-refractivity contribution in [2.24, 2.45) is 11.8 Å². The molecule has 0 saturated carbocycles. The minimum Gasteiger partial charge on any atom is -0.505 e. The molecule has 0 bridgehead atoms. The van der Waals surface area contributed by atoms with Crippen molar-refractivity contribution in [1.29, 1.82) is 0 Å². The van der Waals surface area contributed by atoms with E-state index in [1.54, 1.807) is 6.92 Å². The largest absolute Gasteiger partial charge is 0.505 e. The molecule has 11 nitrogen and oxygen atoms in total. The van der Waals surface area contributed by atoms with Crippen molar-refractivity contribution in [3.8, 4) is 5.75 Å². The molecule has 1 saturated heterocycles. The van der Waals surface area contributed by atoms with Crippen molar-refractivity contribution in [2.45, 2.75) is 104 Å². The third kappa shape index (κ3) is 9.21. The average molecular weight is 551 g/mol. The Bertz CT molecular complexity index is 984. The fraction of sp³-hybridized carbons (Fsp3) is 0.643. The maximum Gasteiger partial charge on any atom is 0.332 e. The summed E-state index contributed by atoms with van der Waals surface area (Å²) in [6, 6.07) is 2.76. The number of cyclic esters (lactones) is 2. The highest BCUT2D eigenvalue weighted by Crippen LogP contribution is 2.29. The number of para-hydroxylation sites is 1. The van der Waals surface area contributed by atoms with Gasteiger partial charge in [-0.2, -0.15) is 0 Å². The summed E-state index contributed by atoms with van der Waals surface area (Å²) in [6.07, 6.45) is 0.508. The van der Waals surface area contributed by atoms with E-state index in [2.05, 4.69) is 17.6 Å². The molecule has 1 aromatic carbocycles. The number of phenols is 1. The van der Waals surface area contributed by atoms with E-state index >= 15 is 0 Å². The smallest absolute Gasteiger partial charge is 0.332 e. The number of esters is 2. The summed E-state index contributed by atoms with van der Waals surface area (Å²) in [5.41, 5.74) is -0.193. The van der Waals surface area contributed by atoms with E-state index in [1.165, 1.54) is 25.1 Å². The summed E-state index contributed by atoms with van der Waals surface area (Å²) < 4.78 is 17.2. The second kappa shape index (κ2) is 15.4. The number of phenolic OH excluding ortho intramolecular Hbond substituents is 1. The molecule has 2 rings (SSSR count). The number of ether oxygens (including phenoxy) is 3. The first kappa shape index (κ1) is 32.0. The highest BCUT2D eigenvalue weighted by atomic mass is 16.6. The fourth-order valence-corrected chi connectivity index (χ4v) is 4.54. The van der Waals surface area contributed by atoms with Crippen LogP contribution in [0.3, 0.4) is 0 Å². The molecule has 11 heteroatoms. The monoisotopic (exact) mass is 550 g/mol. The fourth-order valence-electron chi connectivity index (χ4n) is 4.54. The second-order valence-electron chi connectivity index (χ2n) is 10.3. The number of unbranched alkanes of at least 4 members (excludes halogenated alkanes) is 3. The van der Waals surface area contributed by atoms with Crippen molar-refractivity contribution in [3.63, 3.8) is 0 Å². The maximum atomic E-state index is 13.4. The Labute approximate surface area is 229 Å². The number of anilines is 1. The first-order valence-corrected chi connectivity index (χ1v) is 13.6. The number of carbonyl (C=O) groups excluding carboxylic acids is 4. The van der Waals surface area contributed by atoms with E-state index < -0.39 is 60.2 Å². The van der Waals surface area contributed by atoms with E-state index in [-0.39, 0.29) is 17.2 Å². The van der Waals surface area contributed by atoms with Crippen LogP contribution in [0.5, 0.6) is 5.75 Å². The number of carbonyl (C=O) groups is 4. The molecule has 2 amide bonds. The van der Waals surface area contributed by atoms with Gasteiger partial charge in [-0.05, 0) is 38.3 Å². The third-order valence-electron chi connectivity index (χ3n) is 6.63. The summed E-state index contributed by atoms with van der Waals surface area (Å²) in [5, 5.41) is 25.7. The highest BCUT2D eigenvalue weighted by Gasteiger charge is 2.43. The zero-order chi connectivity index (χ0) is 29.1. The van der Waals surface area contributed by atoms with Gasteiger partial charge in [0.15, 0.2) is 18.1 Å². The van der Waals surface area contributed by atoms with Gasteiger partial charge in [-0.25, -0.2) is 4.79 Å². The Kier molecular flexibility index (Phi) is 12.7. The van der Waals surface area contributed by atoms with Crippen LogP contribution in [0.15, 0.2) is 18.2 Å². The number of amides is 2. The van der Waals surface area contributed by atoms with E-state index in [0.717, 1.165) is 19.3 Å². The predicted octanol–water partition coefficient (Wildman–Crippen LogP) is 3.27. The molecule has 1 fully saturated rings. The Morgan fingerprint density at radius 2 is 1.79 bits per heavy atom. The van der Waals surface area contributed by atoms with E-state index in [4.69, 9.17) is 14.2 Å². The first-order chi connectivity index (χ1) is 18.5. The van der Waals surface area contributed by atoms with Crippen LogP contribution in [0.4, 0.5) is 5.69 Å². The molecule has 39 heavy (non-hydrogen) atoms. The SMILES string of the molecule is CCCCCCC1C(=O)O[C@H](C)[C@H](NC(=O)c2cccc(NC=O)c2O)C(=O)O[C@@H](C)[C@@H]1OC(O)CC(C)C. The molecule has 2 unspecified atom stereocenters. The quantitative estimate of drug-likeness (QED) is 0.0950. The number of aromatic hydroxyl groups is 1. The molecule has 0 spiro atoms. The van der Waals surface area contributed by atoms with Gasteiger partial charge in [0.05, 0.1) is 17.2 Å². The van der Waals surface area contributed by atoms with Crippen molar-refractivity contribution in [1.82, 2.24) is 5.32 Å². The summed E-state index contributed by atoms with van der Waals surface area (Å²) in [7, 11) is 0. The van der Waals surface area contributed by atoms with Crippen molar-refractivity contribution in [2.75, 3.05) is 5.32 Å². The minimum atomic E-state index is -1.40. The van der Waals surface area contributed by atoms with Crippen LogP contribution in [0, 0.1) is 11.8 Å². The van der Waals surface area contributed by atoms with E-state index in [0.29, 0.717) is 25.7 Å². The normalized spacial score (nSPS) is 24.5. The standard InChI is InChI=1S/C28H42N2O9/c1-6-7-8-9-11-20-25(39-22(32)14-16(2)3)18(5)38-28(36)23(17(4)37-27(20)35)30-26(34)19-12-10-13-21(24(19)33)29-15-31/h10,12-13,15-18,20,22-23,25,32-33H,6-9,11,14H2,1-5H3,(H,29,31)(H,30,34)/t17-,18+,20?,22?,23+,25+/m1/s1. The highest BCUT2D eigenvalue weighted by molar-refractivity contribution is 6.01. The topological polar surface area (TPSA) is 160 Å². The maximum absolute atomic E-state index is 13.4. The van der Waals surface area contributed by atoms with Gasteiger partial charge in [0.25, 0.3) is 5.91 Å². The van der Waals surface area contributed by atoms with Crippen LogP contribution in [0.1, 0.15) is 83.5 Å². The van der Waals surface area contributed by atoms with Gasteiger partial charge in [0.1, 0.15) is 18.3 Å². The van der Waals surface area contributed by atoms with Crippen LogP contribution in [-0.4, -0.2) is 65.1 Å². The molecule has 1 aliphatic heterocycles. The van der Waals surface area contributed by atoms with Crippen molar-refractivity contribution < 1.29 is 43.6 Å². The Morgan fingerprint density at radius 1 is 1.10 bits per heavy atom. The Balaban J connectivity index is 2.33. The van der Waals surface area contributed by atoms with E-state index in [9.17, 15) is 29.4 Å². The minimum absolute atomic E-state index is 0.00801. The number of nitrogens with one attached hydrogen (secondary N) is 2. The predicted molar refractivity (Wildman–Crippen MR) is 143 cm³/mol. The van der Waals surface area contributed by atoms with Gasteiger partial charge >= 0.3 is 11.9 Å². The number of rotatable bonds is 13. The lowest BCUT2D eigenvalue weighted by Gasteiger charge is -2.31. The lowest BCUT2D eigenvalue weighted by molar-refractivity contribution is -0.201. The van der Waals surface area contributed by atoms with Gasteiger partial charge in [-0.1, -0.05) is 52.5 Å². The number of hydrogen-bond acceptors (Lipinski definition) is 9. The molecule has 6 atom stereocenters. The molecule has 1 aromatic rings. The van der Waals surface area contributed by atoms with Crippen LogP contribution >= 0.6 is 0 Å². The Hall–Kier alpha value is -3.18. The lowest BCUT2D eigenvalue weighted by atomic mass is 9.92. The summed E-state index contributed by atoms with van der Waals surface area (Å²) in [4.78, 5) is 50.4. The van der Waals surface area contributed by atoms with Gasteiger partial charge in [0.2, 0.25) is 6.41 Å². The third-order valence-corrected chi connectivity index (χ3v) is 6.63. The van der Waals surface area contributed by atoms with Gasteiger partial charge in [0, 0.05) is 6.42 Å². The summed E-state index contributed by atoms with van der Waals surface area (Å²) >= 11 is 0. The summed E-state index contributed by atoms with van der Waals surface area (Å²) in [6.45, 7) is 8.96. The molecule has 0 radical (unpaired) electrons. The zero-order valence-electron chi connectivity index (χ0n) is 23.3. The molecule has 1 aliphatic rings. The molecular weight excluding hydrogens is 508 g/mol. The van der Waals surface area contributed by atoms with Gasteiger partial charge in [-0.15, -0.1) is 0 Å². The van der Waals surface area contributed by atoms with Crippen molar-refractivity contribution in [3.05, 3.63) is 23.8 Å². The van der Waals surface area contributed by atoms with Crippen molar-refractivity contribution >= 4 is 29.9 Å². The number of aliphatic hydroxyl groups is 1.